The fraction of sp³-hybridized carbons (Fsp3) is 0.333. The molecule has 2 aliphatic rings. The molecule has 1 atom stereocenters. The van der Waals surface area contributed by atoms with E-state index in [0.29, 0.717) is 23.4 Å². The fourth-order valence-electron chi connectivity index (χ4n) is 4.52. The van der Waals surface area contributed by atoms with Crippen LogP contribution in [0.4, 0.5) is 16.2 Å². The molecule has 0 unspecified atom stereocenters. The molecule has 4 rings (SSSR count). The van der Waals surface area contributed by atoms with Gasteiger partial charge in [0.1, 0.15) is 5.75 Å². The van der Waals surface area contributed by atoms with Crippen molar-refractivity contribution in [2.24, 2.45) is 5.41 Å². The molecule has 0 radical (unpaired) electrons. The minimum absolute atomic E-state index is 0.0476. The molecule has 0 bridgehead atoms. The van der Waals surface area contributed by atoms with Crippen molar-refractivity contribution in [3.8, 4) is 5.75 Å². The lowest BCUT2D eigenvalue weighted by atomic mass is 9.73. The van der Waals surface area contributed by atoms with E-state index in [2.05, 4.69) is 24.5 Å². The van der Waals surface area contributed by atoms with Crippen LogP contribution < -0.4 is 20.3 Å². The van der Waals surface area contributed by atoms with Crippen LogP contribution in [0.25, 0.3) is 0 Å². The topological polar surface area (TPSA) is 70.7 Å². The van der Waals surface area contributed by atoms with Crippen LogP contribution in [-0.2, 0) is 4.79 Å². The predicted molar refractivity (Wildman–Crippen MR) is 118 cm³/mol. The van der Waals surface area contributed by atoms with Crippen molar-refractivity contribution >= 4 is 23.2 Å². The predicted octanol–water partition coefficient (Wildman–Crippen LogP) is 4.65. The van der Waals surface area contributed by atoms with Crippen LogP contribution in [0.2, 0.25) is 0 Å². The number of anilines is 2. The van der Waals surface area contributed by atoms with Gasteiger partial charge in [0.05, 0.1) is 24.5 Å². The zero-order valence-electron chi connectivity index (χ0n) is 17.8. The van der Waals surface area contributed by atoms with Gasteiger partial charge >= 0.3 is 6.03 Å². The number of carbonyl (C=O) groups excluding carboxylic acids is 2. The van der Waals surface area contributed by atoms with Crippen molar-refractivity contribution in [2.75, 3.05) is 24.4 Å². The first-order valence-electron chi connectivity index (χ1n) is 10.1. The van der Waals surface area contributed by atoms with Crippen molar-refractivity contribution < 1.29 is 14.3 Å². The first-order valence-corrected chi connectivity index (χ1v) is 10.1. The molecule has 2 amide bonds. The Morgan fingerprint density at radius 3 is 2.57 bits per heavy atom. The molecule has 6 heteroatoms. The lowest BCUT2D eigenvalue weighted by Crippen LogP contribution is -2.43. The number of benzene rings is 2. The van der Waals surface area contributed by atoms with E-state index in [1.807, 2.05) is 48.5 Å². The zero-order chi connectivity index (χ0) is 21.5. The van der Waals surface area contributed by atoms with E-state index in [9.17, 15) is 9.59 Å². The maximum Gasteiger partial charge on any atom is 0.322 e. The number of nitrogens with one attached hydrogen (secondary N) is 2. The van der Waals surface area contributed by atoms with Gasteiger partial charge in [0, 0.05) is 30.3 Å². The van der Waals surface area contributed by atoms with E-state index in [4.69, 9.17) is 4.74 Å². The maximum atomic E-state index is 13.5. The highest BCUT2D eigenvalue weighted by atomic mass is 16.5. The van der Waals surface area contributed by atoms with Gasteiger partial charge < -0.3 is 15.4 Å². The highest BCUT2D eigenvalue weighted by Gasteiger charge is 2.43. The molecule has 30 heavy (non-hydrogen) atoms. The van der Waals surface area contributed by atoms with E-state index in [1.54, 1.807) is 19.1 Å². The second-order valence-corrected chi connectivity index (χ2v) is 8.54. The Morgan fingerprint density at radius 1 is 1.13 bits per heavy atom. The SMILES string of the molecule is CNC(=O)N1c2ccccc2NC2=C(C(=O)CC(C)(C)C2)[C@H]1c1ccccc1OC. The van der Waals surface area contributed by atoms with Gasteiger partial charge in [0.15, 0.2) is 5.78 Å². The number of hydrogen-bond donors (Lipinski definition) is 2. The Kier molecular flexibility index (Phi) is 5.02. The monoisotopic (exact) mass is 405 g/mol. The lowest BCUT2D eigenvalue weighted by molar-refractivity contribution is -0.118. The molecule has 1 aliphatic carbocycles. The Bertz CT molecular complexity index is 1040. The third-order valence-electron chi connectivity index (χ3n) is 5.77. The second kappa shape index (κ2) is 7.52. The summed E-state index contributed by atoms with van der Waals surface area (Å²) >= 11 is 0. The van der Waals surface area contributed by atoms with Gasteiger partial charge in [-0.25, -0.2) is 4.79 Å². The molecule has 2 aromatic rings. The van der Waals surface area contributed by atoms with Crippen molar-refractivity contribution in [2.45, 2.75) is 32.7 Å². The number of rotatable bonds is 2. The molecule has 0 aromatic heterocycles. The Labute approximate surface area is 176 Å². The second-order valence-electron chi connectivity index (χ2n) is 8.54. The minimum atomic E-state index is -0.601. The van der Waals surface area contributed by atoms with Gasteiger partial charge in [-0.05, 0) is 30.0 Å². The number of allylic oxidation sites excluding steroid dienone is 1. The summed E-state index contributed by atoms with van der Waals surface area (Å²) in [5, 5.41) is 6.24. The number of ether oxygens (including phenoxy) is 1. The summed E-state index contributed by atoms with van der Waals surface area (Å²) in [6.07, 6.45) is 1.15. The molecule has 1 aliphatic heterocycles. The summed E-state index contributed by atoms with van der Waals surface area (Å²) < 4.78 is 5.63. The summed E-state index contributed by atoms with van der Waals surface area (Å²) in [4.78, 5) is 28.3. The normalized spacial score (nSPS) is 19.9. The minimum Gasteiger partial charge on any atom is -0.496 e. The summed E-state index contributed by atoms with van der Waals surface area (Å²) in [5.74, 6) is 0.687. The number of amides is 2. The van der Waals surface area contributed by atoms with Crippen LogP contribution in [0, 0.1) is 5.41 Å². The maximum absolute atomic E-state index is 13.5. The number of para-hydroxylation sites is 3. The first kappa shape index (κ1) is 20.0. The molecular formula is C24H27N3O3. The number of nitrogens with zero attached hydrogens (tertiary/aromatic N) is 1. The summed E-state index contributed by atoms with van der Waals surface area (Å²) in [7, 11) is 3.21. The highest BCUT2D eigenvalue weighted by Crippen LogP contribution is 2.49. The van der Waals surface area contributed by atoms with Crippen molar-refractivity contribution in [3.05, 3.63) is 65.4 Å². The standard InChI is InChI=1S/C24H27N3O3/c1-24(2)13-17-21(19(28)14-24)22(15-9-5-8-12-20(15)30-4)27(23(29)25-3)18-11-7-6-10-16(18)26-17/h5-12,22,26H,13-14H2,1-4H3,(H,25,29)/t22-/m1/s1. The van der Waals surface area contributed by atoms with Crippen LogP contribution in [0.15, 0.2) is 59.8 Å². The number of carbonyl (C=O) groups is 2. The Morgan fingerprint density at radius 2 is 1.83 bits per heavy atom. The average molecular weight is 405 g/mol. The van der Waals surface area contributed by atoms with Crippen molar-refractivity contribution in [1.29, 1.82) is 0 Å². The van der Waals surface area contributed by atoms with E-state index in [0.717, 1.165) is 23.4 Å². The largest absolute Gasteiger partial charge is 0.496 e. The van der Waals surface area contributed by atoms with E-state index >= 15 is 0 Å². The molecule has 0 fully saturated rings. The first-order chi connectivity index (χ1) is 14.4. The van der Waals surface area contributed by atoms with Gasteiger partial charge in [-0.15, -0.1) is 0 Å². The van der Waals surface area contributed by atoms with Crippen LogP contribution in [-0.4, -0.2) is 26.0 Å². The molecule has 0 spiro atoms. The smallest absolute Gasteiger partial charge is 0.322 e. The van der Waals surface area contributed by atoms with Crippen molar-refractivity contribution in [1.82, 2.24) is 5.32 Å². The van der Waals surface area contributed by atoms with Gasteiger partial charge in [-0.3, -0.25) is 9.69 Å². The molecule has 0 saturated heterocycles. The van der Waals surface area contributed by atoms with Gasteiger partial charge in [-0.1, -0.05) is 44.2 Å². The summed E-state index contributed by atoms with van der Waals surface area (Å²) in [6, 6.07) is 14.3. The van der Waals surface area contributed by atoms with E-state index < -0.39 is 6.04 Å². The quantitative estimate of drug-likeness (QED) is 0.763. The fourth-order valence-corrected chi connectivity index (χ4v) is 4.52. The van der Waals surface area contributed by atoms with Crippen LogP contribution in [0.3, 0.4) is 0 Å². The molecule has 6 nitrogen and oxygen atoms in total. The molecule has 1 heterocycles. The third kappa shape index (κ3) is 3.32. The van der Waals surface area contributed by atoms with E-state index in [1.165, 1.54) is 0 Å². The van der Waals surface area contributed by atoms with Gasteiger partial charge in [-0.2, -0.15) is 0 Å². The van der Waals surface area contributed by atoms with Crippen molar-refractivity contribution in [3.63, 3.8) is 0 Å². The average Bonchev–Trinajstić information content (AvgIpc) is 2.86. The molecular weight excluding hydrogens is 378 g/mol. The molecule has 2 aromatic carbocycles. The number of hydrogen-bond acceptors (Lipinski definition) is 4. The van der Waals surface area contributed by atoms with Gasteiger partial charge in [0.25, 0.3) is 0 Å². The van der Waals surface area contributed by atoms with Crippen LogP contribution in [0.1, 0.15) is 38.3 Å². The van der Waals surface area contributed by atoms with Crippen LogP contribution >= 0.6 is 0 Å². The molecule has 2 N–H and O–H groups in total. The van der Waals surface area contributed by atoms with E-state index in [-0.39, 0.29) is 17.2 Å². The molecule has 156 valence electrons. The van der Waals surface area contributed by atoms with Gasteiger partial charge in [0.2, 0.25) is 0 Å². The number of ketones is 1. The number of fused-ring (bicyclic) bond motifs is 1. The Hall–Kier alpha value is -3.28. The number of methoxy groups -OCH3 is 1. The summed E-state index contributed by atoms with van der Waals surface area (Å²) in [6.45, 7) is 4.20. The zero-order valence-corrected chi connectivity index (χ0v) is 17.8. The molecule has 0 saturated carbocycles. The summed E-state index contributed by atoms with van der Waals surface area (Å²) in [5.41, 5.74) is 3.63. The number of Topliss-reactive ketones (excluding diaryl/α,β-unsaturated/α-hetero) is 1. The highest BCUT2D eigenvalue weighted by molar-refractivity contribution is 6.06. The lowest BCUT2D eigenvalue weighted by Gasteiger charge is -2.37. The van der Waals surface area contributed by atoms with Crippen LogP contribution in [0.5, 0.6) is 5.75 Å². The third-order valence-corrected chi connectivity index (χ3v) is 5.77. The number of urea groups is 1. The Balaban J connectivity index is 2.04.